The topological polar surface area (TPSA) is 50.1 Å². The summed E-state index contributed by atoms with van der Waals surface area (Å²) in [6.45, 7) is 1.92. The van der Waals surface area contributed by atoms with E-state index in [-0.39, 0.29) is 19.8 Å². The summed E-state index contributed by atoms with van der Waals surface area (Å²) in [5.41, 5.74) is 1.61. The fourth-order valence-electron chi connectivity index (χ4n) is 3.10. The molecule has 0 aliphatic heterocycles. The van der Waals surface area contributed by atoms with Gasteiger partial charge in [-0.05, 0) is 55.4 Å². The fourth-order valence-corrected chi connectivity index (χ4v) is 3.27. The summed E-state index contributed by atoms with van der Waals surface area (Å²) in [5, 5.41) is 8.83. The van der Waals surface area contributed by atoms with Gasteiger partial charge >= 0.3 is 19.8 Å². The number of hydrogen-bond acceptors (Lipinski definition) is 3. The van der Waals surface area contributed by atoms with Gasteiger partial charge in [-0.15, -0.1) is 0 Å². The number of nitrogens with zero attached hydrogens (tertiary/aromatic N) is 1. The second-order valence-corrected chi connectivity index (χ2v) is 7.33. The minimum atomic E-state index is 0. The molecule has 3 nitrogen and oxygen atoms in total. The summed E-state index contributed by atoms with van der Waals surface area (Å²) in [6.07, 6.45) is 17.0. The van der Waals surface area contributed by atoms with Gasteiger partial charge in [0.05, 0.1) is 12.2 Å². The first-order valence-electron chi connectivity index (χ1n) is 9.93. The van der Waals surface area contributed by atoms with Crippen LogP contribution in [-0.4, -0.2) is 11.9 Å². The van der Waals surface area contributed by atoms with Crippen molar-refractivity contribution in [1.29, 1.82) is 5.26 Å². The van der Waals surface area contributed by atoms with Gasteiger partial charge in [0.1, 0.15) is 11.5 Å². The molecule has 1 radical (unpaired) electrons. The van der Waals surface area contributed by atoms with Gasteiger partial charge in [-0.2, -0.15) is 41.1 Å². The van der Waals surface area contributed by atoms with Crippen LogP contribution in [0.1, 0.15) is 63.9 Å². The van der Waals surface area contributed by atoms with Crippen LogP contribution in [0.2, 0.25) is 5.02 Å². The Morgan fingerprint density at radius 1 is 1.28 bits per heavy atom. The first kappa shape index (κ1) is 25.4. The molecule has 1 aromatic carbocycles. The first-order chi connectivity index (χ1) is 13.6. The number of nitriles is 1. The van der Waals surface area contributed by atoms with Gasteiger partial charge in [-0.3, -0.25) is 4.79 Å². The van der Waals surface area contributed by atoms with E-state index < -0.39 is 0 Å². The molecule has 155 valence electrons. The SMILES string of the molecule is CCC(=O)CC1=CCC=C(OC2CCCCC2)C=C1.N#Cc1cc[c-]cc1Cl.[Os+]. The number of carbonyl (C=O) groups excluding carboxylic acids is 1. The molecular weight excluding hydrogens is 560 g/mol. The third-order valence-electron chi connectivity index (χ3n) is 4.75. The van der Waals surface area contributed by atoms with Gasteiger partial charge in [0, 0.05) is 12.8 Å². The van der Waals surface area contributed by atoms with E-state index in [1.165, 1.54) is 32.1 Å². The summed E-state index contributed by atoms with van der Waals surface area (Å²) in [7, 11) is 0. The molecule has 0 amide bonds. The minimum absolute atomic E-state index is 0. The minimum Gasteiger partial charge on any atom is -0.491 e. The molecule has 2 aliphatic carbocycles. The van der Waals surface area contributed by atoms with Crippen molar-refractivity contribution in [3.63, 3.8) is 0 Å². The van der Waals surface area contributed by atoms with Crippen LogP contribution in [0.5, 0.6) is 0 Å². The largest absolute Gasteiger partial charge is 1.00 e. The van der Waals surface area contributed by atoms with Crippen LogP contribution >= 0.6 is 11.6 Å². The molecule has 0 spiro atoms. The number of ketones is 1. The van der Waals surface area contributed by atoms with E-state index in [9.17, 15) is 4.79 Å². The Balaban J connectivity index is 0.000000355. The van der Waals surface area contributed by atoms with E-state index >= 15 is 0 Å². The summed E-state index contributed by atoms with van der Waals surface area (Å²) in [5.74, 6) is 1.27. The smallest absolute Gasteiger partial charge is 0.491 e. The number of hydrogen-bond donors (Lipinski definition) is 0. The van der Waals surface area contributed by atoms with E-state index in [1.54, 1.807) is 18.2 Å². The number of allylic oxidation sites excluding steroid dienone is 5. The number of rotatable bonds is 5. The van der Waals surface area contributed by atoms with Crippen LogP contribution in [0.4, 0.5) is 0 Å². The molecule has 0 saturated heterocycles. The number of carbonyl (C=O) groups is 1. The number of ether oxygens (including phenoxy) is 1. The molecule has 0 unspecified atom stereocenters. The van der Waals surface area contributed by atoms with E-state index in [0.717, 1.165) is 17.8 Å². The molecule has 1 saturated carbocycles. The van der Waals surface area contributed by atoms with E-state index in [2.05, 4.69) is 18.2 Å². The average Bonchev–Trinajstić information content (AvgIpc) is 2.94. The van der Waals surface area contributed by atoms with Gasteiger partial charge in [0.25, 0.3) is 0 Å². The van der Waals surface area contributed by atoms with Crippen LogP contribution in [0.25, 0.3) is 0 Å². The van der Waals surface area contributed by atoms with Crippen LogP contribution in [0.3, 0.4) is 0 Å². The van der Waals surface area contributed by atoms with Crippen molar-refractivity contribution in [2.45, 2.75) is 64.4 Å². The van der Waals surface area contributed by atoms with E-state index in [0.29, 0.717) is 35.3 Å². The molecule has 0 heterocycles. The Morgan fingerprint density at radius 2 is 2.03 bits per heavy atom. The Bertz CT molecular complexity index is 786. The van der Waals surface area contributed by atoms with Crippen molar-refractivity contribution in [2.24, 2.45) is 0 Å². The zero-order chi connectivity index (χ0) is 20.2. The zero-order valence-electron chi connectivity index (χ0n) is 16.8. The number of benzene rings is 1. The molecule has 5 heteroatoms. The molecular formula is C24H27ClNO2Os. The second-order valence-electron chi connectivity index (χ2n) is 6.92. The Kier molecular flexibility index (Phi) is 12.5. The van der Waals surface area contributed by atoms with E-state index in [4.69, 9.17) is 21.6 Å². The summed E-state index contributed by atoms with van der Waals surface area (Å²) in [6, 6.07) is 9.55. The van der Waals surface area contributed by atoms with Gasteiger partial charge in [0.2, 0.25) is 0 Å². The summed E-state index contributed by atoms with van der Waals surface area (Å²) >= 11 is 5.57. The maximum atomic E-state index is 11.5. The van der Waals surface area contributed by atoms with Gasteiger partial charge in [-0.25, -0.2) is 0 Å². The molecule has 0 N–H and O–H groups in total. The molecule has 0 aromatic heterocycles. The van der Waals surface area contributed by atoms with Crippen LogP contribution < -0.4 is 0 Å². The molecule has 3 rings (SSSR count). The summed E-state index contributed by atoms with van der Waals surface area (Å²) in [4.78, 5) is 11.5. The van der Waals surface area contributed by atoms with Crippen molar-refractivity contribution in [2.75, 3.05) is 0 Å². The number of halogens is 1. The van der Waals surface area contributed by atoms with Gasteiger partial charge in [-0.1, -0.05) is 30.5 Å². The van der Waals surface area contributed by atoms with Crippen molar-refractivity contribution in [3.05, 3.63) is 70.5 Å². The van der Waals surface area contributed by atoms with Crippen molar-refractivity contribution in [3.8, 4) is 6.07 Å². The zero-order valence-corrected chi connectivity index (χ0v) is 20.1. The van der Waals surface area contributed by atoms with Crippen molar-refractivity contribution in [1.82, 2.24) is 0 Å². The predicted octanol–water partition coefficient (Wildman–Crippen LogP) is 6.48. The average molecular weight is 587 g/mol. The third-order valence-corrected chi connectivity index (χ3v) is 5.06. The number of Topliss-reactive ketones (excluding diaryl/α,β-unsaturated/α-hetero) is 1. The molecule has 29 heavy (non-hydrogen) atoms. The standard InChI is InChI=1S/C17H24O2.C7H3ClN.Os/c1-2-15(18)13-14-7-6-10-17(12-11-14)19-16-8-4-3-5-9-16;8-7-4-2-1-3-6(7)5-9;/h7,10-12,16H,2-6,8-9,13H2,1H3;1,3-4H;/q;-1;+1. The molecule has 2 aliphatic rings. The Labute approximate surface area is 192 Å². The predicted molar refractivity (Wildman–Crippen MR) is 113 cm³/mol. The maximum absolute atomic E-state index is 11.5. The molecule has 1 aromatic rings. The van der Waals surface area contributed by atoms with Gasteiger partial charge < -0.3 is 4.74 Å². The molecule has 1 fully saturated rings. The van der Waals surface area contributed by atoms with Crippen LogP contribution in [-0.2, 0) is 29.3 Å². The Hall–Kier alpha value is -1.67. The van der Waals surface area contributed by atoms with E-state index in [1.807, 2.05) is 25.1 Å². The monoisotopic (exact) mass is 588 g/mol. The third kappa shape index (κ3) is 9.58. The first-order valence-corrected chi connectivity index (χ1v) is 10.3. The summed E-state index contributed by atoms with van der Waals surface area (Å²) < 4.78 is 6.05. The normalized spacial score (nSPS) is 16.0. The maximum Gasteiger partial charge on any atom is 1.00 e. The van der Waals surface area contributed by atoms with Crippen molar-refractivity contribution >= 4 is 17.4 Å². The fraction of sp³-hybridized carbons (Fsp3) is 0.417. The van der Waals surface area contributed by atoms with Crippen LogP contribution in [0.15, 0.2) is 53.8 Å². The Morgan fingerprint density at radius 3 is 2.66 bits per heavy atom. The van der Waals surface area contributed by atoms with Gasteiger partial charge in [0.15, 0.2) is 0 Å². The quantitative estimate of drug-likeness (QED) is 0.371. The second kappa shape index (κ2) is 14.3. The van der Waals surface area contributed by atoms with Crippen molar-refractivity contribution < 1.29 is 29.3 Å². The molecule has 0 bridgehead atoms. The van der Waals surface area contributed by atoms with Crippen LogP contribution in [0, 0.1) is 17.4 Å². The molecule has 0 atom stereocenters.